The van der Waals surface area contributed by atoms with Gasteiger partial charge in [0.2, 0.25) is 5.91 Å². The summed E-state index contributed by atoms with van der Waals surface area (Å²) in [6, 6.07) is 7.87. The van der Waals surface area contributed by atoms with Gasteiger partial charge in [0, 0.05) is 49.9 Å². The largest absolute Gasteiger partial charge is 0.368 e. The maximum atomic E-state index is 11.9. The van der Waals surface area contributed by atoms with Crippen molar-refractivity contribution in [1.29, 1.82) is 0 Å². The van der Waals surface area contributed by atoms with E-state index in [4.69, 9.17) is 11.6 Å². The van der Waals surface area contributed by atoms with E-state index < -0.39 is 0 Å². The van der Waals surface area contributed by atoms with Gasteiger partial charge in [-0.05, 0) is 31.3 Å². The zero-order valence-electron chi connectivity index (χ0n) is 12.0. The van der Waals surface area contributed by atoms with Crippen LogP contribution in [0.1, 0.15) is 6.42 Å². The molecule has 0 radical (unpaired) electrons. The Labute approximate surface area is 143 Å². The van der Waals surface area contributed by atoms with Crippen LogP contribution in [0.4, 0.5) is 5.69 Å². The number of nitrogens with zero attached hydrogens (tertiary/aromatic N) is 2. The van der Waals surface area contributed by atoms with E-state index in [1.54, 1.807) is 0 Å². The Balaban J connectivity index is 0.00000200. The van der Waals surface area contributed by atoms with Gasteiger partial charge in [0.25, 0.3) is 0 Å². The Morgan fingerprint density at radius 2 is 1.71 bits per heavy atom. The lowest BCUT2D eigenvalue weighted by atomic mass is 10.2. The fourth-order valence-corrected chi connectivity index (χ4v) is 2.38. The molecule has 21 heavy (non-hydrogen) atoms. The van der Waals surface area contributed by atoms with Crippen molar-refractivity contribution in [3.05, 3.63) is 29.3 Å². The fraction of sp³-hybridized carbons (Fsp3) is 0.500. The number of rotatable bonds is 4. The van der Waals surface area contributed by atoms with Crippen molar-refractivity contribution in [3.8, 4) is 0 Å². The Morgan fingerprint density at radius 1 is 1.14 bits per heavy atom. The normalized spacial score (nSPS) is 14.2. The molecule has 1 heterocycles. The van der Waals surface area contributed by atoms with Crippen LogP contribution in [0.2, 0.25) is 5.02 Å². The standard InChI is InChI=1S/C14H20ClN3O.2ClH/c1-16-7-6-14(19)18-10-8-17(9-11-18)13-4-2-12(15)3-5-13;;/h2-5,16H,6-11H2,1H3;2*1H. The lowest BCUT2D eigenvalue weighted by Crippen LogP contribution is -2.49. The number of piperazine rings is 1. The quantitative estimate of drug-likeness (QED) is 0.902. The van der Waals surface area contributed by atoms with Crippen LogP contribution in [0, 0.1) is 0 Å². The van der Waals surface area contributed by atoms with Gasteiger partial charge < -0.3 is 15.1 Å². The van der Waals surface area contributed by atoms with Crippen LogP contribution in [-0.4, -0.2) is 50.6 Å². The zero-order chi connectivity index (χ0) is 13.7. The molecule has 120 valence electrons. The van der Waals surface area contributed by atoms with Crippen LogP contribution >= 0.6 is 36.4 Å². The number of hydrogen-bond acceptors (Lipinski definition) is 3. The number of halogens is 3. The highest BCUT2D eigenvalue weighted by atomic mass is 35.5. The molecule has 1 aliphatic rings. The predicted molar refractivity (Wildman–Crippen MR) is 93.3 cm³/mol. The maximum Gasteiger partial charge on any atom is 0.223 e. The first-order valence-electron chi connectivity index (χ1n) is 6.63. The third-order valence-corrected chi connectivity index (χ3v) is 3.66. The molecule has 1 fully saturated rings. The summed E-state index contributed by atoms with van der Waals surface area (Å²) >= 11 is 5.89. The highest BCUT2D eigenvalue weighted by molar-refractivity contribution is 6.30. The minimum absolute atomic E-state index is 0. The van der Waals surface area contributed by atoms with E-state index in [2.05, 4.69) is 10.2 Å². The molecule has 0 bridgehead atoms. The maximum absolute atomic E-state index is 11.9. The lowest BCUT2D eigenvalue weighted by molar-refractivity contribution is -0.131. The van der Waals surface area contributed by atoms with Gasteiger partial charge in [0.15, 0.2) is 0 Å². The molecule has 1 aromatic carbocycles. The molecule has 0 atom stereocenters. The molecule has 7 heteroatoms. The SMILES string of the molecule is CNCCC(=O)N1CCN(c2ccc(Cl)cc2)CC1.Cl.Cl. The number of nitrogens with one attached hydrogen (secondary N) is 1. The van der Waals surface area contributed by atoms with E-state index >= 15 is 0 Å². The summed E-state index contributed by atoms with van der Waals surface area (Å²) in [4.78, 5) is 16.1. The van der Waals surface area contributed by atoms with E-state index in [9.17, 15) is 4.79 Å². The van der Waals surface area contributed by atoms with Gasteiger partial charge in [-0.1, -0.05) is 11.6 Å². The van der Waals surface area contributed by atoms with Gasteiger partial charge >= 0.3 is 0 Å². The number of anilines is 1. The van der Waals surface area contributed by atoms with Gasteiger partial charge in [0.05, 0.1) is 0 Å². The molecule has 2 rings (SSSR count). The molecule has 0 spiro atoms. The summed E-state index contributed by atoms with van der Waals surface area (Å²) in [5.74, 6) is 0.241. The van der Waals surface area contributed by atoms with Crippen molar-refractivity contribution in [2.75, 3.05) is 44.7 Å². The lowest BCUT2D eigenvalue weighted by Gasteiger charge is -2.36. The molecule has 1 N–H and O–H groups in total. The molecular weight excluding hydrogens is 333 g/mol. The number of amides is 1. The third kappa shape index (κ3) is 5.91. The minimum atomic E-state index is 0. The number of benzene rings is 1. The smallest absolute Gasteiger partial charge is 0.223 e. The second kappa shape index (κ2) is 10.1. The monoisotopic (exact) mass is 353 g/mol. The second-order valence-corrected chi connectivity index (χ2v) is 5.13. The zero-order valence-corrected chi connectivity index (χ0v) is 14.4. The van der Waals surface area contributed by atoms with Crippen molar-refractivity contribution in [1.82, 2.24) is 10.2 Å². The average molecular weight is 355 g/mol. The van der Waals surface area contributed by atoms with Crippen LogP contribution in [0.5, 0.6) is 0 Å². The molecule has 4 nitrogen and oxygen atoms in total. The molecule has 1 aromatic rings. The van der Waals surface area contributed by atoms with E-state index in [0.717, 1.165) is 37.7 Å². The Bertz CT molecular complexity index is 420. The van der Waals surface area contributed by atoms with Gasteiger partial charge in [-0.15, -0.1) is 24.8 Å². The van der Waals surface area contributed by atoms with E-state index in [1.807, 2.05) is 36.2 Å². The Hall–Kier alpha value is -0.680. The first-order valence-corrected chi connectivity index (χ1v) is 7.01. The van der Waals surface area contributed by atoms with Crippen molar-refractivity contribution < 1.29 is 4.79 Å². The van der Waals surface area contributed by atoms with Crippen LogP contribution in [0.3, 0.4) is 0 Å². The highest BCUT2D eigenvalue weighted by Crippen LogP contribution is 2.19. The molecule has 0 aromatic heterocycles. The van der Waals surface area contributed by atoms with Crippen molar-refractivity contribution in [2.45, 2.75) is 6.42 Å². The van der Waals surface area contributed by atoms with Crippen LogP contribution in [-0.2, 0) is 4.79 Å². The third-order valence-electron chi connectivity index (χ3n) is 3.41. The summed E-state index contributed by atoms with van der Waals surface area (Å²) in [5.41, 5.74) is 1.17. The van der Waals surface area contributed by atoms with E-state index in [-0.39, 0.29) is 30.7 Å². The summed E-state index contributed by atoms with van der Waals surface area (Å²) in [5, 5.41) is 3.76. The molecule has 1 saturated heterocycles. The van der Waals surface area contributed by atoms with Crippen LogP contribution in [0.25, 0.3) is 0 Å². The van der Waals surface area contributed by atoms with E-state index in [1.165, 1.54) is 5.69 Å². The first-order chi connectivity index (χ1) is 9.20. The summed E-state index contributed by atoms with van der Waals surface area (Å²) in [6.45, 7) is 4.10. The molecule has 0 unspecified atom stereocenters. The van der Waals surface area contributed by atoms with Crippen molar-refractivity contribution in [2.24, 2.45) is 0 Å². The van der Waals surface area contributed by atoms with Crippen LogP contribution < -0.4 is 10.2 Å². The Morgan fingerprint density at radius 3 is 2.24 bits per heavy atom. The fourth-order valence-electron chi connectivity index (χ4n) is 2.26. The molecular formula is C14H22Cl3N3O. The predicted octanol–water partition coefficient (Wildman–Crippen LogP) is 2.44. The minimum Gasteiger partial charge on any atom is -0.368 e. The van der Waals surface area contributed by atoms with Gasteiger partial charge in [-0.3, -0.25) is 4.79 Å². The van der Waals surface area contributed by atoms with Crippen molar-refractivity contribution in [3.63, 3.8) is 0 Å². The Kier molecular flexibility index (Phi) is 9.79. The highest BCUT2D eigenvalue weighted by Gasteiger charge is 2.20. The molecule has 1 aliphatic heterocycles. The molecule has 1 amide bonds. The number of hydrogen-bond donors (Lipinski definition) is 1. The summed E-state index contributed by atoms with van der Waals surface area (Å²) in [6.07, 6.45) is 0.581. The molecule has 0 aliphatic carbocycles. The van der Waals surface area contributed by atoms with Crippen molar-refractivity contribution >= 4 is 48.0 Å². The molecule has 0 saturated carbocycles. The summed E-state index contributed by atoms with van der Waals surface area (Å²) in [7, 11) is 1.87. The van der Waals surface area contributed by atoms with Gasteiger partial charge in [-0.2, -0.15) is 0 Å². The van der Waals surface area contributed by atoms with Crippen LogP contribution in [0.15, 0.2) is 24.3 Å². The average Bonchev–Trinajstić information content (AvgIpc) is 2.46. The number of carbonyl (C=O) groups excluding carboxylic acids is 1. The summed E-state index contributed by atoms with van der Waals surface area (Å²) < 4.78 is 0. The first kappa shape index (κ1) is 20.3. The second-order valence-electron chi connectivity index (χ2n) is 4.70. The van der Waals surface area contributed by atoms with Gasteiger partial charge in [0.1, 0.15) is 0 Å². The van der Waals surface area contributed by atoms with E-state index in [0.29, 0.717) is 6.42 Å². The van der Waals surface area contributed by atoms with Gasteiger partial charge in [-0.25, -0.2) is 0 Å². The topological polar surface area (TPSA) is 35.6 Å². The number of carbonyl (C=O) groups is 1.